The molecular weight excluding hydrogens is 212 g/mol. The Labute approximate surface area is 104 Å². The van der Waals surface area contributed by atoms with Crippen molar-refractivity contribution in [3.63, 3.8) is 0 Å². The summed E-state index contributed by atoms with van der Waals surface area (Å²) in [6.45, 7) is 0.914. The van der Waals surface area contributed by atoms with Crippen LogP contribution in [0.15, 0.2) is 0 Å². The SMILES string of the molecule is C1CCC(OC23CC4CC(CC(C4)C2)C3)OC1. The van der Waals surface area contributed by atoms with E-state index in [1.165, 1.54) is 51.4 Å². The van der Waals surface area contributed by atoms with Gasteiger partial charge < -0.3 is 9.47 Å². The minimum Gasteiger partial charge on any atom is -0.353 e. The second-order valence-electron chi connectivity index (χ2n) is 7.01. The molecule has 1 unspecified atom stereocenters. The maximum absolute atomic E-state index is 6.47. The highest BCUT2D eigenvalue weighted by atomic mass is 16.7. The molecule has 4 aliphatic carbocycles. The van der Waals surface area contributed by atoms with Crippen LogP contribution in [0.3, 0.4) is 0 Å². The van der Waals surface area contributed by atoms with Gasteiger partial charge in [-0.15, -0.1) is 0 Å². The average molecular weight is 236 g/mol. The highest BCUT2D eigenvalue weighted by Gasteiger charge is 2.52. The third-order valence-electron chi connectivity index (χ3n) is 5.50. The third-order valence-corrected chi connectivity index (χ3v) is 5.50. The molecule has 1 atom stereocenters. The minimum absolute atomic E-state index is 0.125. The number of hydrogen-bond acceptors (Lipinski definition) is 2. The van der Waals surface area contributed by atoms with Crippen LogP contribution >= 0.6 is 0 Å². The lowest BCUT2D eigenvalue weighted by molar-refractivity contribution is -0.265. The molecule has 1 saturated heterocycles. The Kier molecular flexibility index (Phi) is 2.52. The van der Waals surface area contributed by atoms with Gasteiger partial charge in [-0.2, -0.15) is 0 Å². The van der Waals surface area contributed by atoms with Crippen LogP contribution in [0.5, 0.6) is 0 Å². The maximum atomic E-state index is 6.47. The molecule has 0 aromatic heterocycles. The summed E-state index contributed by atoms with van der Waals surface area (Å²) in [6, 6.07) is 0. The fraction of sp³-hybridized carbons (Fsp3) is 1.00. The van der Waals surface area contributed by atoms with Crippen LogP contribution in [0.2, 0.25) is 0 Å². The predicted molar refractivity (Wildman–Crippen MR) is 65.6 cm³/mol. The average Bonchev–Trinajstić information content (AvgIpc) is 2.27. The van der Waals surface area contributed by atoms with Crippen LogP contribution in [0.25, 0.3) is 0 Å². The molecular formula is C15H24O2. The van der Waals surface area contributed by atoms with Crippen LogP contribution < -0.4 is 0 Å². The summed E-state index contributed by atoms with van der Waals surface area (Å²) >= 11 is 0. The molecule has 5 aliphatic rings. The van der Waals surface area contributed by atoms with E-state index in [1.807, 2.05) is 0 Å². The van der Waals surface area contributed by atoms with Crippen molar-refractivity contribution < 1.29 is 9.47 Å². The second-order valence-corrected chi connectivity index (χ2v) is 7.01. The van der Waals surface area contributed by atoms with Crippen molar-refractivity contribution in [3.05, 3.63) is 0 Å². The first-order chi connectivity index (χ1) is 8.31. The van der Waals surface area contributed by atoms with E-state index in [-0.39, 0.29) is 11.9 Å². The van der Waals surface area contributed by atoms with Gasteiger partial charge in [0.25, 0.3) is 0 Å². The van der Waals surface area contributed by atoms with Gasteiger partial charge in [-0.1, -0.05) is 0 Å². The van der Waals surface area contributed by atoms with Gasteiger partial charge in [0.05, 0.1) is 5.60 Å². The standard InChI is InChI=1S/C15H24O2/c1-2-4-16-14(3-1)17-15-8-11-5-12(9-15)7-13(6-11)10-15/h11-14H,1-10H2. The van der Waals surface area contributed by atoms with E-state index in [1.54, 1.807) is 0 Å². The van der Waals surface area contributed by atoms with E-state index in [4.69, 9.17) is 9.47 Å². The Morgan fingerprint density at radius 3 is 2.06 bits per heavy atom. The smallest absolute Gasteiger partial charge is 0.158 e. The molecule has 0 N–H and O–H groups in total. The van der Waals surface area contributed by atoms with Gasteiger partial charge in [0.2, 0.25) is 0 Å². The Morgan fingerprint density at radius 1 is 0.882 bits per heavy atom. The van der Waals surface area contributed by atoms with E-state index >= 15 is 0 Å². The van der Waals surface area contributed by atoms with Crippen molar-refractivity contribution in [2.45, 2.75) is 69.7 Å². The fourth-order valence-electron chi connectivity index (χ4n) is 5.26. The summed E-state index contributed by atoms with van der Waals surface area (Å²) in [5, 5.41) is 0. The molecule has 17 heavy (non-hydrogen) atoms. The molecule has 0 aromatic carbocycles. The van der Waals surface area contributed by atoms with E-state index in [0.29, 0.717) is 0 Å². The van der Waals surface area contributed by atoms with Crippen molar-refractivity contribution in [2.75, 3.05) is 6.61 Å². The summed E-state index contributed by atoms with van der Waals surface area (Å²) in [5.74, 6) is 2.93. The molecule has 2 heteroatoms. The quantitative estimate of drug-likeness (QED) is 0.730. The van der Waals surface area contributed by atoms with Crippen LogP contribution in [0.4, 0.5) is 0 Å². The van der Waals surface area contributed by atoms with Crippen molar-refractivity contribution >= 4 is 0 Å². The second kappa shape index (κ2) is 3.96. The zero-order valence-corrected chi connectivity index (χ0v) is 10.7. The number of rotatable bonds is 2. The van der Waals surface area contributed by atoms with Gasteiger partial charge in [0.15, 0.2) is 6.29 Å². The largest absolute Gasteiger partial charge is 0.353 e. The van der Waals surface area contributed by atoms with Crippen LogP contribution in [0.1, 0.15) is 57.8 Å². The molecule has 0 aromatic rings. The number of hydrogen-bond donors (Lipinski definition) is 0. The first-order valence-corrected chi connectivity index (χ1v) is 7.61. The summed E-state index contributed by atoms with van der Waals surface area (Å²) in [5.41, 5.74) is 0.233. The molecule has 5 fully saturated rings. The van der Waals surface area contributed by atoms with Crippen molar-refractivity contribution in [1.29, 1.82) is 0 Å². The lowest BCUT2D eigenvalue weighted by Gasteiger charge is -2.57. The summed E-state index contributed by atoms with van der Waals surface area (Å²) < 4.78 is 12.3. The predicted octanol–water partition coefficient (Wildman–Crippen LogP) is 3.50. The van der Waals surface area contributed by atoms with Gasteiger partial charge in [0.1, 0.15) is 0 Å². The van der Waals surface area contributed by atoms with E-state index in [2.05, 4.69) is 0 Å². The zero-order valence-electron chi connectivity index (χ0n) is 10.7. The molecule has 4 saturated carbocycles. The van der Waals surface area contributed by atoms with E-state index < -0.39 is 0 Å². The molecule has 96 valence electrons. The molecule has 1 heterocycles. The summed E-state index contributed by atoms with van der Waals surface area (Å²) in [7, 11) is 0. The molecule has 1 aliphatic heterocycles. The van der Waals surface area contributed by atoms with Crippen LogP contribution in [-0.2, 0) is 9.47 Å². The summed E-state index contributed by atoms with van der Waals surface area (Å²) in [6.07, 6.45) is 12.2. The van der Waals surface area contributed by atoms with Crippen molar-refractivity contribution in [2.24, 2.45) is 17.8 Å². The van der Waals surface area contributed by atoms with Crippen molar-refractivity contribution in [1.82, 2.24) is 0 Å². The van der Waals surface area contributed by atoms with Crippen molar-refractivity contribution in [3.8, 4) is 0 Å². The Balaban J connectivity index is 1.48. The lowest BCUT2D eigenvalue weighted by Crippen LogP contribution is -2.53. The molecule has 2 nitrogen and oxygen atoms in total. The topological polar surface area (TPSA) is 18.5 Å². The summed E-state index contributed by atoms with van der Waals surface area (Å²) in [4.78, 5) is 0. The highest BCUT2D eigenvalue weighted by Crippen LogP contribution is 2.57. The Morgan fingerprint density at radius 2 is 1.53 bits per heavy atom. The van der Waals surface area contributed by atoms with Gasteiger partial charge in [-0.05, 0) is 75.5 Å². The normalized spacial score (nSPS) is 52.9. The van der Waals surface area contributed by atoms with E-state index in [0.717, 1.165) is 30.8 Å². The van der Waals surface area contributed by atoms with Gasteiger partial charge in [-0.3, -0.25) is 0 Å². The minimum atomic E-state index is 0.125. The molecule has 5 rings (SSSR count). The van der Waals surface area contributed by atoms with Crippen LogP contribution in [-0.4, -0.2) is 18.5 Å². The molecule has 0 amide bonds. The fourth-order valence-corrected chi connectivity index (χ4v) is 5.26. The highest BCUT2D eigenvalue weighted by molar-refractivity contribution is 5.03. The number of ether oxygens (including phenoxy) is 2. The Bertz CT molecular complexity index is 258. The van der Waals surface area contributed by atoms with E-state index in [9.17, 15) is 0 Å². The molecule has 0 spiro atoms. The monoisotopic (exact) mass is 236 g/mol. The Hall–Kier alpha value is -0.0800. The van der Waals surface area contributed by atoms with Gasteiger partial charge in [0, 0.05) is 6.61 Å². The first kappa shape index (κ1) is 10.8. The lowest BCUT2D eigenvalue weighted by atomic mass is 9.54. The maximum Gasteiger partial charge on any atom is 0.158 e. The molecule has 0 radical (unpaired) electrons. The third kappa shape index (κ3) is 1.94. The van der Waals surface area contributed by atoms with Gasteiger partial charge in [-0.25, -0.2) is 0 Å². The van der Waals surface area contributed by atoms with Gasteiger partial charge >= 0.3 is 0 Å². The molecule has 4 bridgehead atoms. The van der Waals surface area contributed by atoms with Crippen LogP contribution in [0, 0.1) is 17.8 Å². The first-order valence-electron chi connectivity index (χ1n) is 7.61. The zero-order chi connectivity index (χ0) is 11.3.